The monoisotopic (exact) mass is 262 g/mol. The third-order valence-electron chi connectivity index (χ3n) is 4.60. The smallest absolute Gasteiger partial charge is 0.185 e. The molecule has 0 bridgehead atoms. The summed E-state index contributed by atoms with van der Waals surface area (Å²) < 4.78 is 0. The minimum Gasteiger partial charge on any atom is -0.390 e. The molecule has 0 aromatic rings. The standard InChI is InChI=1S/C16H22O3/c1-10-11(2)15(18)13(12(3)14(10)17)9-16(19)7-5-4-6-8-16/h19H,4-9H2,1-3H3. The molecule has 104 valence electrons. The van der Waals surface area contributed by atoms with Gasteiger partial charge in [-0.1, -0.05) is 19.3 Å². The lowest BCUT2D eigenvalue weighted by Crippen LogP contribution is -2.34. The second-order valence-corrected chi connectivity index (χ2v) is 5.97. The van der Waals surface area contributed by atoms with Gasteiger partial charge in [-0.15, -0.1) is 0 Å². The lowest BCUT2D eigenvalue weighted by molar-refractivity contribution is -0.117. The van der Waals surface area contributed by atoms with Gasteiger partial charge in [-0.05, 0) is 33.6 Å². The van der Waals surface area contributed by atoms with E-state index in [4.69, 9.17) is 0 Å². The second-order valence-electron chi connectivity index (χ2n) is 5.97. The van der Waals surface area contributed by atoms with Crippen molar-refractivity contribution < 1.29 is 14.7 Å². The third-order valence-corrected chi connectivity index (χ3v) is 4.60. The minimum absolute atomic E-state index is 0.0495. The van der Waals surface area contributed by atoms with Crippen LogP contribution >= 0.6 is 0 Å². The predicted molar refractivity (Wildman–Crippen MR) is 73.7 cm³/mol. The number of hydrogen-bond acceptors (Lipinski definition) is 3. The molecule has 0 spiro atoms. The molecule has 1 fully saturated rings. The van der Waals surface area contributed by atoms with Crippen molar-refractivity contribution in [3.05, 3.63) is 22.3 Å². The van der Waals surface area contributed by atoms with Gasteiger partial charge < -0.3 is 5.11 Å². The van der Waals surface area contributed by atoms with Crippen molar-refractivity contribution in [1.29, 1.82) is 0 Å². The van der Waals surface area contributed by atoms with E-state index >= 15 is 0 Å². The number of carbonyl (C=O) groups is 2. The van der Waals surface area contributed by atoms with Crippen LogP contribution in [0.4, 0.5) is 0 Å². The van der Waals surface area contributed by atoms with E-state index in [0.29, 0.717) is 28.7 Å². The number of rotatable bonds is 2. The average Bonchev–Trinajstić information content (AvgIpc) is 2.40. The Bertz CT molecular complexity index is 488. The molecule has 2 rings (SSSR count). The Morgan fingerprint density at radius 3 is 2.00 bits per heavy atom. The Morgan fingerprint density at radius 1 is 0.895 bits per heavy atom. The molecule has 0 unspecified atom stereocenters. The second kappa shape index (κ2) is 5.04. The summed E-state index contributed by atoms with van der Waals surface area (Å²) in [5.74, 6) is -0.111. The molecular weight excluding hydrogens is 240 g/mol. The van der Waals surface area contributed by atoms with Crippen LogP contribution < -0.4 is 0 Å². The number of hydrogen-bond donors (Lipinski definition) is 1. The first-order valence-electron chi connectivity index (χ1n) is 7.05. The SMILES string of the molecule is CC1=C(C)C(=O)C(CC2(O)CCCCC2)=C(C)C1=O. The molecule has 1 N–H and O–H groups in total. The molecule has 19 heavy (non-hydrogen) atoms. The fourth-order valence-electron chi connectivity index (χ4n) is 3.08. The molecule has 3 heteroatoms. The summed E-state index contributed by atoms with van der Waals surface area (Å²) in [6, 6.07) is 0. The number of allylic oxidation sites excluding steroid dienone is 3. The fourth-order valence-corrected chi connectivity index (χ4v) is 3.08. The Hall–Kier alpha value is -1.22. The van der Waals surface area contributed by atoms with E-state index < -0.39 is 5.60 Å². The summed E-state index contributed by atoms with van der Waals surface area (Å²) >= 11 is 0. The van der Waals surface area contributed by atoms with Crippen molar-refractivity contribution >= 4 is 11.6 Å². The normalized spacial score (nSPS) is 24.2. The van der Waals surface area contributed by atoms with Crippen LogP contribution in [0, 0.1) is 0 Å². The predicted octanol–water partition coefficient (Wildman–Crippen LogP) is 2.88. The minimum atomic E-state index is -0.795. The summed E-state index contributed by atoms with van der Waals surface area (Å²) in [5, 5.41) is 10.6. The van der Waals surface area contributed by atoms with Crippen molar-refractivity contribution in [2.45, 2.75) is 64.9 Å². The molecule has 3 nitrogen and oxygen atoms in total. The zero-order valence-corrected chi connectivity index (χ0v) is 12.0. The van der Waals surface area contributed by atoms with Crippen molar-refractivity contribution in [3.63, 3.8) is 0 Å². The van der Waals surface area contributed by atoms with Crippen LogP contribution in [0.15, 0.2) is 22.3 Å². The maximum absolute atomic E-state index is 12.3. The van der Waals surface area contributed by atoms with E-state index in [9.17, 15) is 14.7 Å². The third kappa shape index (κ3) is 2.57. The fraction of sp³-hybridized carbons (Fsp3) is 0.625. The molecule has 0 saturated heterocycles. The van der Waals surface area contributed by atoms with Gasteiger partial charge in [-0.2, -0.15) is 0 Å². The Kier molecular flexibility index (Phi) is 3.77. The topological polar surface area (TPSA) is 54.4 Å². The first-order chi connectivity index (χ1) is 8.86. The molecule has 0 amide bonds. The highest BCUT2D eigenvalue weighted by atomic mass is 16.3. The maximum atomic E-state index is 12.3. The molecule has 0 heterocycles. The number of carbonyl (C=O) groups excluding carboxylic acids is 2. The summed E-state index contributed by atoms with van der Waals surface area (Å²) in [7, 11) is 0. The zero-order valence-electron chi connectivity index (χ0n) is 12.0. The van der Waals surface area contributed by atoms with Crippen LogP contribution in [0.3, 0.4) is 0 Å². The largest absolute Gasteiger partial charge is 0.390 e. The van der Waals surface area contributed by atoms with E-state index in [0.717, 1.165) is 32.1 Å². The molecule has 2 aliphatic carbocycles. The summed E-state index contributed by atoms with van der Waals surface area (Å²) in [4.78, 5) is 24.4. The van der Waals surface area contributed by atoms with Gasteiger partial charge >= 0.3 is 0 Å². The maximum Gasteiger partial charge on any atom is 0.185 e. The van der Waals surface area contributed by atoms with Crippen molar-refractivity contribution in [2.24, 2.45) is 0 Å². The molecule has 1 saturated carbocycles. The Morgan fingerprint density at radius 2 is 1.42 bits per heavy atom. The molecule has 0 aliphatic heterocycles. The van der Waals surface area contributed by atoms with Crippen LogP contribution in [0.25, 0.3) is 0 Å². The first-order valence-corrected chi connectivity index (χ1v) is 7.05. The number of aliphatic hydroxyl groups is 1. The Balaban J connectivity index is 2.29. The quantitative estimate of drug-likeness (QED) is 0.778. The van der Waals surface area contributed by atoms with Gasteiger partial charge in [0.15, 0.2) is 11.6 Å². The average molecular weight is 262 g/mol. The van der Waals surface area contributed by atoms with Crippen molar-refractivity contribution in [3.8, 4) is 0 Å². The van der Waals surface area contributed by atoms with E-state index in [-0.39, 0.29) is 11.6 Å². The zero-order chi connectivity index (χ0) is 14.2. The lowest BCUT2D eigenvalue weighted by Gasteiger charge is -2.34. The van der Waals surface area contributed by atoms with Gasteiger partial charge in [0.05, 0.1) is 5.60 Å². The summed E-state index contributed by atoms with van der Waals surface area (Å²) in [6.45, 7) is 5.11. The van der Waals surface area contributed by atoms with Crippen molar-refractivity contribution in [1.82, 2.24) is 0 Å². The summed E-state index contributed by atoms with van der Waals surface area (Å²) in [5.41, 5.74) is 1.33. The van der Waals surface area contributed by atoms with Gasteiger partial charge in [0.2, 0.25) is 0 Å². The first kappa shape index (κ1) is 14.2. The van der Waals surface area contributed by atoms with Gasteiger partial charge in [0.25, 0.3) is 0 Å². The molecule has 2 aliphatic rings. The number of ketones is 2. The number of Topliss-reactive ketones (excluding diaryl/α,β-unsaturated/α-hetero) is 2. The molecular formula is C16H22O3. The van der Waals surface area contributed by atoms with Gasteiger partial charge in [-0.25, -0.2) is 0 Å². The summed E-state index contributed by atoms with van der Waals surface area (Å²) in [6.07, 6.45) is 4.93. The van der Waals surface area contributed by atoms with Gasteiger partial charge in [0, 0.05) is 28.7 Å². The van der Waals surface area contributed by atoms with Crippen LogP contribution in [0.2, 0.25) is 0 Å². The molecule has 0 radical (unpaired) electrons. The van der Waals surface area contributed by atoms with E-state index in [1.807, 2.05) is 0 Å². The van der Waals surface area contributed by atoms with Crippen LogP contribution in [0.5, 0.6) is 0 Å². The molecule has 0 aromatic heterocycles. The molecule has 0 aromatic carbocycles. The highest BCUT2D eigenvalue weighted by molar-refractivity contribution is 6.24. The van der Waals surface area contributed by atoms with E-state index in [1.54, 1.807) is 20.8 Å². The van der Waals surface area contributed by atoms with Gasteiger partial charge in [-0.3, -0.25) is 9.59 Å². The van der Waals surface area contributed by atoms with Crippen LogP contribution in [-0.4, -0.2) is 22.3 Å². The van der Waals surface area contributed by atoms with E-state index in [2.05, 4.69) is 0 Å². The molecule has 0 atom stereocenters. The lowest BCUT2D eigenvalue weighted by atomic mass is 9.75. The Labute approximate surface area is 114 Å². The van der Waals surface area contributed by atoms with Crippen molar-refractivity contribution in [2.75, 3.05) is 0 Å². The van der Waals surface area contributed by atoms with E-state index in [1.165, 1.54) is 0 Å². The van der Waals surface area contributed by atoms with Crippen LogP contribution in [-0.2, 0) is 9.59 Å². The van der Waals surface area contributed by atoms with Gasteiger partial charge in [0.1, 0.15) is 0 Å². The highest BCUT2D eigenvalue weighted by Crippen LogP contribution is 2.36. The highest BCUT2D eigenvalue weighted by Gasteiger charge is 2.36. The van der Waals surface area contributed by atoms with Crippen LogP contribution in [0.1, 0.15) is 59.3 Å².